The zero-order valence-corrected chi connectivity index (χ0v) is 16.0. The summed E-state index contributed by atoms with van der Waals surface area (Å²) >= 11 is 0. The minimum absolute atomic E-state index is 0.0647. The average molecular weight is 423 g/mol. The first-order valence-corrected chi connectivity index (χ1v) is 8.86. The van der Waals surface area contributed by atoms with E-state index >= 15 is 0 Å². The molecule has 156 valence electrons. The number of nitrogens with one attached hydrogen (secondary N) is 1. The lowest BCUT2D eigenvalue weighted by molar-refractivity contribution is 0.0697. The first-order chi connectivity index (χ1) is 15.0. The summed E-state index contributed by atoms with van der Waals surface area (Å²) in [7, 11) is 1.33. The molecule has 0 atom stereocenters. The van der Waals surface area contributed by atoms with Crippen molar-refractivity contribution in [2.75, 3.05) is 12.4 Å². The van der Waals surface area contributed by atoms with Gasteiger partial charge in [-0.05, 0) is 48.5 Å². The van der Waals surface area contributed by atoms with E-state index in [-0.39, 0.29) is 34.3 Å². The molecule has 0 saturated carbocycles. The number of carbonyl (C=O) groups is 2. The van der Waals surface area contributed by atoms with E-state index in [2.05, 4.69) is 15.5 Å². The molecule has 4 aromatic rings. The standard InChI is InChI=1S/C21H14FN3O6/c1-29-16-7-5-12(21(27)28)9-13(16)18(26)23-15-10-11(4-6-14(15)22)19-24-25-20(31-19)17-3-2-8-30-17/h2-10H,1H3,(H,23,26)(H,27,28). The van der Waals surface area contributed by atoms with Crippen LogP contribution in [0.2, 0.25) is 0 Å². The summed E-state index contributed by atoms with van der Waals surface area (Å²) in [5.41, 5.74) is 0.0119. The second-order valence-corrected chi connectivity index (χ2v) is 6.26. The lowest BCUT2D eigenvalue weighted by atomic mass is 10.1. The summed E-state index contributed by atoms with van der Waals surface area (Å²) < 4.78 is 30.2. The molecule has 0 fully saturated rings. The Bertz CT molecular complexity index is 1270. The highest BCUT2D eigenvalue weighted by atomic mass is 19.1. The second kappa shape index (κ2) is 8.11. The minimum atomic E-state index is -1.21. The van der Waals surface area contributed by atoms with Gasteiger partial charge in [-0.2, -0.15) is 0 Å². The fraction of sp³-hybridized carbons (Fsp3) is 0.0476. The highest BCUT2D eigenvalue weighted by Crippen LogP contribution is 2.28. The van der Waals surface area contributed by atoms with Crippen molar-refractivity contribution in [3.63, 3.8) is 0 Å². The molecule has 0 unspecified atom stereocenters. The Kier molecular flexibility index (Phi) is 5.19. The van der Waals surface area contributed by atoms with Gasteiger partial charge in [0.05, 0.1) is 30.2 Å². The zero-order chi connectivity index (χ0) is 22.0. The molecule has 10 heteroatoms. The van der Waals surface area contributed by atoms with Crippen LogP contribution in [0.4, 0.5) is 10.1 Å². The predicted octanol–water partition coefficient (Wildman–Crippen LogP) is 4.09. The SMILES string of the molecule is COc1ccc(C(=O)O)cc1C(=O)Nc1cc(-c2nnc(-c3ccco3)o2)ccc1F. The van der Waals surface area contributed by atoms with Gasteiger partial charge < -0.3 is 24.0 Å². The molecule has 31 heavy (non-hydrogen) atoms. The van der Waals surface area contributed by atoms with Gasteiger partial charge in [0.2, 0.25) is 5.89 Å². The maximum absolute atomic E-state index is 14.4. The molecule has 0 aliphatic rings. The Balaban J connectivity index is 1.63. The third-order valence-electron chi connectivity index (χ3n) is 4.31. The summed E-state index contributed by atoms with van der Waals surface area (Å²) in [5, 5.41) is 19.4. The summed E-state index contributed by atoms with van der Waals surface area (Å²) in [6.45, 7) is 0. The fourth-order valence-electron chi connectivity index (χ4n) is 2.80. The quantitative estimate of drug-likeness (QED) is 0.475. The van der Waals surface area contributed by atoms with Gasteiger partial charge in [-0.25, -0.2) is 9.18 Å². The van der Waals surface area contributed by atoms with E-state index in [1.165, 1.54) is 37.6 Å². The number of carbonyl (C=O) groups excluding carboxylic acids is 1. The Hall–Kier alpha value is -4.47. The number of carboxylic acid groups (broad SMARTS) is 1. The smallest absolute Gasteiger partial charge is 0.335 e. The average Bonchev–Trinajstić information content (AvgIpc) is 3.46. The lowest BCUT2D eigenvalue weighted by Crippen LogP contribution is -2.15. The number of benzene rings is 2. The van der Waals surface area contributed by atoms with E-state index in [9.17, 15) is 14.0 Å². The lowest BCUT2D eigenvalue weighted by Gasteiger charge is -2.11. The van der Waals surface area contributed by atoms with E-state index in [4.69, 9.17) is 18.7 Å². The van der Waals surface area contributed by atoms with Crippen LogP contribution in [0.3, 0.4) is 0 Å². The Morgan fingerprint density at radius 3 is 2.61 bits per heavy atom. The summed E-state index contributed by atoms with van der Waals surface area (Å²) in [4.78, 5) is 23.9. The third-order valence-corrected chi connectivity index (χ3v) is 4.31. The van der Waals surface area contributed by atoms with E-state index in [1.54, 1.807) is 12.1 Å². The van der Waals surface area contributed by atoms with Crippen LogP contribution in [-0.2, 0) is 0 Å². The van der Waals surface area contributed by atoms with Gasteiger partial charge in [-0.1, -0.05) is 0 Å². The minimum Gasteiger partial charge on any atom is -0.496 e. The van der Waals surface area contributed by atoms with Crippen LogP contribution in [-0.4, -0.2) is 34.3 Å². The molecule has 2 aromatic heterocycles. The normalized spacial score (nSPS) is 10.6. The Morgan fingerprint density at radius 1 is 1.10 bits per heavy atom. The van der Waals surface area contributed by atoms with Crippen molar-refractivity contribution in [1.82, 2.24) is 10.2 Å². The summed E-state index contributed by atoms with van der Waals surface area (Å²) in [6, 6.07) is 11.0. The third kappa shape index (κ3) is 3.99. The van der Waals surface area contributed by atoms with Crippen molar-refractivity contribution in [3.05, 3.63) is 71.7 Å². The number of hydrogen-bond acceptors (Lipinski definition) is 7. The molecular formula is C21H14FN3O6. The predicted molar refractivity (Wildman–Crippen MR) is 105 cm³/mol. The molecule has 0 radical (unpaired) electrons. The van der Waals surface area contributed by atoms with Crippen molar-refractivity contribution in [1.29, 1.82) is 0 Å². The van der Waals surface area contributed by atoms with Crippen molar-refractivity contribution in [2.24, 2.45) is 0 Å². The van der Waals surface area contributed by atoms with Crippen LogP contribution >= 0.6 is 0 Å². The van der Waals surface area contributed by atoms with Gasteiger partial charge in [-0.15, -0.1) is 10.2 Å². The van der Waals surface area contributed by atoms with Crippen molar-refractivity contribution < 1.29 is 32.7 Å². The summed E-state index contributed by atoms with van der Waals surface area (Å²) in [6.07, 6.45) is 1.46. The van der Waals surface area contributed by atoms with E-state index in [0.717, 1.165) is 12.1 Å². The van der Waals surface area contributed by atoms with Crippen molar-refractivity contribution in [2.45, 2.75) is 0 Å². The Labute approximate surface area is 174 Å². The second-order valence-electron chi connectivity index (χ2n) is 6.26. The maximum atomic E-state index is 14.4. The summed E-state index contributed by atoms with van der Waals surface area (Å²) in [5.74, 6) is -1.93. The number of amides is 1. The zero-order valence-electron chi connectivity index (χ0n) is 16.0. The number of hydrogen-bond donors (Lipinski definition) is 2. The number of rotatable bonds is 6. The number of methoxy groups -OCH3 is 1. The van der Waals surface area contributed by atoms with Crippen molar-refractivity contribution in [3.8, 4) is 28.9 Å². The maximum Gasteiger partial charge on any atom is 0.335 e. The number of ether oxygens (including phenoxy) is 1. The molecule has 1 amide bonds. The van der Waals surface area contributed by atoms with Crippen LogP contribution in [0.25, 0.3) is 23.1 Å². The number of aromatic carboxylic acids is 1. The molecule has 2 heterocycles. The van der Waals surface area contributed by atoms with E-state index < -0.39 is 17.7 Å². The Morgan fingerprint density at radius 2 is 1.90 bits per heavy atom. The molecule has 2 aromatic carbocycles. The van der Waals surface area contributed by atoms with Gasteiger partial charge in [0.1, 0.15) is 11.6 Å². The number of aromatic nitrogens is 2. The van der Waals surface area contributed by atoms with Crippen LogP contribution in [0.1, 0.15) is 20.7 Å². The van der Waals surface area contributed by atoms with Crippen LogP contribution in [0, 0.1) is 5.82 Å². The molecule has 2 N–H and O–H groups in total. The van der Waals surface area contributed by atoms with Gasteiger partial charge in [-0.3, -0.25) is 4.79 Å². The largest absolute Gasteiger partial charge is 0.496 e. The van der Waals surface area contributed by atoms with Crippen molar-refractivity contribution >= 4 is 17.6 Å². The number of nitrogens with zero attached hydrogens (tertiary/aromatic N) is 2. The fourth-order valence-corrected chi connectivity index (χ4v) is 2.80. The van der Waals surface area contributed by atoms with E-state index in [1.807, 2.05) is 0 Å². The van der Waals surface area contributed by atoms with Gasteiger partial charge in [0.25, 0.3) is 11.8 Å². The molecule has 0 aliphatic carbocycles. The monoisotopic (exact) mass is 423 g/mol. The van der Waals surface area contributed by atoms with Gasteiger partial charge in [0.15, 0.2) is 5.76 Å². The first-order valence-electron chi connectivity index (χ1n) is 8.86. The molecule has 0 bridgehead atoms. The molecule has 0 aliphatic heterocycles. The molecule has 9 nitrogen and oxygen atoms in total. The number of anilines is 1. The number of halogens is 1. The van der Waals surface area contributed by atoms with Gasteiger partial charge in [0, 0.05) is 5.56 Å². The van der Waals surface area contributed by atoms with E-state index in [0.29, 0.717) is 11.3 Å². The molecule has 0 spiro atoms. The highest BCUT2D eigenvalue weighted by Gasteiger charge is 2.19. The molecule has 4 rings (SSSR count). The highest BCUT2D eigenvalue weighted by molar-refractivity contribution is 6.07. The van der Waals surface area contributed by atoms with Crippen LogP contribution < -0.4 is 10.1 Å². The molecule has 0 saturated heterocycles. The van der Waals surface area contributed by atoms with Crippen LogP contribution in [0.5, 0.6) is 5.75 Å². The molecular weight excluding hydrogens is 409 g/mol. The van der Waals surface area contributed by atoms with Crippen LogP contribution in [0.15, 0.2) is 63.6 Å². The topological polar surface area (TPSA) is 128 Å². The number of furan rings is 1. The number of carboxylic acids is 1. The van der Waals surface area contributed by atoms with Gasteiger partial charge >= 0.3 is 5.97 Å². The first kappa shape index (κ1) is 19.8.